The van der Waals surface area contributed by atoms with Gasteiger partial charge in [-0.15, -0.1) is 11.8 Å². The fourth-order valence-corrected chi connectivity index (χ4v) is 6.07. The maximum Gasteiger partial charge on any atom is 0.262 e. The van der Waals surface area contributed by atoms with E-state index in [4.69, 9.17) is 4.74 Å². The van der Waals surface area contributed by atoms with Crippen LogP contribution in [-0.4, -0.2) is 50.6 Å². The molecule has 2 amide bonds. The second-order valence-electron chi connectivity index (χ2n) is 7.98. The number of hydrogen-bond acceptors (Lipinski definition) is 6. The first-order valence-electron chi connectivity index (χ1n) is 11.0. The molecule has 0 bridgehead atoms. The number of hydrogen-bond donors (Lipinski definition) is 2. The van der Waals surface area contributed by atoms with Crippen LogP contribution in [0, 0.1) is 5.92 Å². The maximum atomic E-state index is 13.0. The maximum absolute atomic E-state index is 13.0. The Morgan fingerprint density at radius 1 is 1.21 bits per heavy atom. The van der Waals surface area contributed by atoms with Crippen molar-refractivity contribution in [1.29, 1.82) is 0 Å². The van der Waals surface area contributed by atoms with E-state index in [1.165, 1.54) is 23.9 Å². The van der Waals surface area contributed by atoms with E-state index in [2.05, 4.69) is 10.0 Å². The molecule has 2 aromatic rings. The number of amides is 2. The van der Waals surface area contributed by atoms with E-state index in [0.29, 0.717) is 29.5 Å². The van der Waals surface area contributed by atoms with E-state index >= 15 is 0 Å². The summed E-state index contributed by atoms with van der Waals surface area (Å²) in [6.45, 7) is 3.73. The lowest BCUT2D eigenvalue weighted by atomic mass is 10.1. The topological polar surface area (TPSA) is 105 Å². The molecule has 2 aromatic carbocycles. The number of ether oxygens (including phenoxy) is 1. The largest absolute Gasteiger partial charge is 0.492 e. The number of likely N-dealkylation sites (tertiary alicyclic amines) is 1. The highest BCUT2D eigenvalue weighted by atomic mass is 32.2. The van der Waals surface area contributed by atoms with Gasteiger partial charge in [-0.2, -0.15) is 0 Å². The van der Waals surface area contributed by atoms with Crippen molar-refractivity contribution in [3.05, 3.63) is 42.5 Å². The molecule has 1 atom stereocenters. The number of thioether (sulfide) groups is 1. The second-order valence-corrected chi connectivity index (χ2v) is 10.7. The van der Waals surface area contributed by atoms with Gasteiger partial charge < -0.3 is 15.0 Å². The number of para-hydroxylation sites is 2. The number of nitrogens with zero attached hydrogens (tertiary/aromatic N) is 1. The molecule has 2 N–H and O–H groups in total. The third-order valence-electron chi connectivity index (χ3n) is 5.64. The van der Waals surface area contributed by atoms with Gasteiger partial charge in [0.1, 0.15) is 5.75 Å². The highest BCUT2D eigenvalue weighted by Gasteiger charge is 2.30. The summed E-state index contributed by atoms with van der Waals surface area (Å²) in [4.78, 5) is 27.9. The van der Waals surface area contributed by atoms with Crippen LogP contribution in [0.15, 0.2) is 52.3 Å². The van der Waals surface area contributed by atoms with Crippen LogP contribution < -0.4 is 14.8 Å². The summed E-state index contributed by atoms with van der Waals surface area (Å²) in [6, 6.07) is 11.5. The van der Waals surface area contributed by atoms with Crippen LogP contribution in [0.4, 0.5) is 11.4 Å². The van der Waals surface area contributed by atoms with E-state index in [9.17, 15) is 18.0 Å². The fourth-order valence-electron chi connectivity index (χ4n) is 3.89. The van der Waals surface area contributed by atoms with Crippen molar-refractivity contribution in [1.82, 2.24) is 4.90 Å². The summed E-state index contributed by atoms with van der Waals surface area (Å²) in [5.41, 5.74) is 0.773. The molecule has 2 heterocycles. The molecule has 8 nitrogen and oxygen atoms in total. The van der Waals surface area contributed by atoms with Crippen molar-refractivity contribution in [3.63, 3.8) is 0 Å². The molecule has 0 saturated carbocycles. The van der Waals surface area contributed by atoms with Crippen LogP contribution in [0.5, 0.6) is 5.75 Å². The van der Waals surface area contributed by atoms with Gasteiger partial charge in [0, 0.05) is 30.2 Å². The van der Waals surface area contributed by atoms with E-state index in [1.54, 1.807) is 30.3 Å². The molecule has 0 radical (unpaired) electrons. The zero-order valence-corrected chi connectivity index (χ0v) is 20.0. The first kappa shape index (κ1) is 23.4. The molecule has 0 spiro atoms. The molecule has 2 aliphatic rings. The smallest absolute Gasteiger partial charge is 0.262 e. The summed E-state index contributed by atoms with van der Waals surface area (Å²) >= 11 is 1.45. The van der Waals surface area contributed by atoms with E-state index in [1.807, 2.05) is 11.8 Å². The SMILES string of the molecule is CCOc1ccccc1NS(=O)(=O)c1ccc2c(c1)NC(=O)[C@@H](CC(=O)N1CCCC1)CS2. The van der Waals surface area contributed by atoms with Crippen LogP contribution in [0.25, 0.3) is 0 Å². The van der Waals surface area contributed by atoms with Crippen LogP contribution in [0.2, 0.25) is 0 Å². The van der Waals surface area contributed by atoms with Gasteiger partial charge in [-0.1, -0.05) is 12.1 Å². The Bertz CT molecular complexity index is 1150. The number of sulfonamides is 1. The molecule has 1 fully saturated rings. The van der Waals surface area contributed by atoms with Crippen LogP contribution >= 0.6 is 11.8 Å². The fraction of sp³-hybridized carbons (Fsp3) is 0.391. The van der Waals surface area contributed by atoms with Crippen molar-refractivity contribution in [3.8, 4) is 5.75 Å². The van der Waals surface area contributed by atoms with E-state index in [-0.39, 0.29) is 23.1 Å². The first-order valence-corrected chi connectivity index (χ1v) is 13.4. The molecular weight excluding hydrogens is 462 g/mol. The van der Waals surface area contributed by atoms with Gasteiger partial charge in [0.25, 0.3) is 10.0 Å². The van der Waals surface area contributed by atoms with Gasteiger partial charge in [-0.3, -0.25) is 14.3 Å². The van der Waals surface area contributed by atoms with Crippen molar-refractivity contribution in [2.75, 3.05) is 35.5 Å². The number of benzene rings is 2. The van der Waals surface area contributed by atoms with Crippen molar-refractivity contribution in [2.45, 2.75) is 36.0 Å². The molecule has 0 unspecified atom stereocenters. The lowest BCUT2D eigenvalue weighted by molar-refractivity contribution is -0.133. The summed E-state index contributed by atoms with van der Waals surface area (Å²) in [6.07, 6.45) is 2.17. The number of anilines is 2. The van der Waals surface area contributed by atoms with Crippen molar-refractivity contribution in [2.24, 2.45) is 5.92 Å². The lowest BCUT2D eigenvalue weighted by Gasteiger charge is -2.18. The van der Waals surface area contributed by atoms with Crippen LogP contribution in [-0.2, 0) is 19.6 Å². The van der Waals surface area contributed by atoms with Crippen LogP contribution in [0.1, 0.15) is 26.2 Å². The summed E-state index contributed by atoms with van der Waals surface area (Å²) < 4.78 is 34.1. The minimum atomic E-state index is -3.91. The van der Waals surface area contributed by atoms with Gasteiger partial charge in [-0.25, -0.2) is 8.42 Å². The quantitative estimate of drug-likeness (QED) is 0.616. The van der Waals surface area contributed by atoms with Gasteiger partial charge >= 0.3 is 0 Å². The zero-order chi connectivity index (χ0) is 23.4. The zero-order valence-electron chi connectivity index (χ0n) is 18.4. The Hall–Kier alpha value is -2.72. The molecule has 2 aliphatic heterocycles. The molecule has 1 saturated heterocycles. The Balaban J connectivity index is 1.50. The second kappa shape index (κ2) is 10.0. The molecule has 176 valence electrons. The van der Waals surface area contributed by atoms with Gasteiger partial charge in [0.2, 0.25) is 11.8 Å². The number of carbonyl (C=O) groups excluding carboxylic acids is 2. The normalized spacial score (nSPS) is 18.3. The van der Waals surface area contributed by atoms with Gasteiger partial charge in [-0.05, 0) is 50.1 Å². The predicted molar refractivity (Wildman–Crippen MR) is 128 cm³/mol. The molecule has 10 heteroatoms. The molecule has 0 aromatic heterocycles. The third-order valence-corrected chi connectivity index (χ3v) is 8.24. The van der Waals surface area contributed by atoms with E-state index in [0.717, 1.165) is 30.8 Å². The monoisotopic (exact) mass is 489 g/mol. The molecule has 4 rings (SSSR count). The minimum Gasteiger partial charge on any atom is -0.492 e. The molecular formula is C23H27N3O5S2. The average molecular weight is 490 g/mol. The highest BCUT2D eigenvalue weighted by molar-refractivity contribution is 7.99. The Labute approximate surface area is 198 Å². The van der Waals surface area contributed by atoms with Crippen molar-refractivity contribution >= 4 is 45.0 Å². The van der Waals surface area contributed by atoms with E-state index < -0.39 is 15.9 Å². The predicted octanol–water partition coefficient (Wildman–Crippen LogP) is 3.56. The number of rotatable bonds is 7. The minimum absolute atomic E-state index is 0.000337. The van der Waals surface area contributed by atoms with Gasteiger partial charge in [0.05, 0.1) is 28.8 Å². The Morgan fingerprint density at radius 3 is 2.73 bits per heavy atom. The number of carbonyl (C=O) groups is 2. The number of fused-ring (bicyclic) bond motifs is 1. The van der Waals surface area contributed by atoms with Crippen LogP contribution in [0.3, 0.4) is 0 Å². The first-order chi connectivity index (χ1) is 15.9. The summed E-state index contributed by atoms with van der Waals surface area (Å²) in [5, 5.41) is 2.83. The van der Waals surface area contributed by atoms with Gasteiger partial charge in [0.15, 0.2) is 0 Å². The lowest BCUT2D eigenvalue weighted by Crippen LogP contribution is -2.33. The Kier molecular flexibility index (Phi) is 7.14. The summed E-state index contributed by atoms with van der Waals surface area (Å²) in [7, 11) is -3.91. The Morgan fingerprint density at radius 2 is 1.97 bits per heavy atom. The standard InChI is InChI=1S/C23H27N3O5S2/c1-2-31-20-8-4-3-7-18(20)25-33(29,30)17-9-10-21-19(14-17)24-23(28)16(15-32-21)13-22(27)26-11-5-6-12-26/h3-4,7-10,14,16,25H,2,5-6,11-13,15H2,1H3,(H,24,28)/t16-/m0/s1. The number of nitrogens with one attached hydrogen (secondary N) is 2. The molecule has 0 aliphatic carbocycles. The summed E-state index contributed by atoms with van der Waals surface area (Å²) in [5.74, 6) is 0.168. The third kappa shape index (κ3) is 5.44. The highest BCUT2D eigenvalue weighted by Crippen LogP contribution is 2.36. The average Bonchev–Trinajstić information content (AvgIpc) is 3.28. The molecule has 33 heavy (non-hydrogen) atoms. The van der Waals surface area contributed by atoms with Crippen molar-refractivity contribution < 1.29 is 22.7 Å².